The van der Waals surface area contributed by atoms with Gasteiger partial charge in [0.2, 0.25) is 11.7 Å². The maximum Gasteiger partial charge on any atom is 0.223 e. The molecule has 1 atom stereocenters. The predicted molar refractivity (Wildman–Crippen MR) is 42.0 cm³/mol. The second kappa shape index (κ2) is 2.25. The highest BCUT2D eigenvalue weighted by Gasteiger charge is 2.51. The van der Waals surface area contributed by atoms with Gasteiger partial charge in [-0.2, -0.15) is 0 Å². The van der Waals surface area contributed by atoms with Gasteiger partial charge in [-0.1, -0.05) is 0 Å². The molecule has 0 radical (unpaired) electrons. The zero-order chi connectivity index (χ0) is 9.64. The van der Waals surface area contributed by atoms with Crippen molar-refractivity contribution in [3.05, 3.63) is 11.5 Å². The zero-order valence-corrected chi connectivity index (χ0v) is 6.83. The summed E-state index contributed by atoms with van der Waals surface area (Å²) in [6, 6.07) is 0. The Labute approximate surface area is 74.1 Å². The van der Waals surface area contributed by atoms with Crippen LogP contribution in [0.4, 0.5) is 0 Å². The first-order valence-electron chi connectivity index (χ1n) is 4.02. The number of aliphatic hydroxyl groups is 2. The van der Waals surface area contributed by atoms with E-state index in [1.54, 1.807) is 0 Å². The van der Waals surface area contributed by atoms with E-state index in [0.717, 1.165) is 0 Å². The molecule has 0 aromatic carbocycles. The van der Waals surface area contributed by atoms with Crippen LogP contribution in [0.15, 0.2) is 11.5 Å². The molecule has 1 heterocycles. The number of hydrogen-bond acceptors (Lipinski definition) is 4. The minimum atomic E-state index is -0.852. The van der Waals surface area contributed by atoms with Gasteiger partial charge in [0.1, 0.15) is 5.54 Å². The number of ketones is 1. The molecular formula is C8H9NO4. The van der Waals surface area contributed by atoms with Crippen molar-refractivity contribution in [2.45, 2.75) is 24.8 Å². The van der Waals surface area contributed by atoms with Crippen LogP contribution >= 0.6 is 0 Å². The number of allylic oxidation sites excluding steroid dienone is 1. The van der Waals surface area contributed by atoms with E-state index < -0.39 is 17.1 Å². The van der Waals surface area contributed by atoms with Crippen LogP contribution in [0.5, 0.6) is 0 Å². The summed E-state index contributed by atoms with van der Waals surface area (Å²) in [4.78, 5) is 21.6. The molecule has 0 aromatic rings. The molecule has 13 heavy (non-hydrogen) atoms. The number of carbonyl (C=O) groups is 2. The molecule has 0 saturated carbocycles. The first-order chi connectivity index (χ1) is 6.05. The summed E-state index contributed by atoms with van der Waals surface area (Å²) >= 11 is 0. The largest absolute Gasteiger partial charge is 0.506 e. The standard InChI is InChI=1S/C8H9NO4/c10-4-1-2-8(3-5(11)9-8)7(13)6(4)12/h12-13H,1-3H2,(H,9,11). The Morgan fingerprint density at radius 3 is 2.46 bits per heavy atom. The first kappa shape index (κ1) is 8.10. The second-order valence-electron chi connectivity index (χ2n) is 3.43. The van der Waals surface area contributed by atoms with E-state index in [0.29, 0.717) is 6.42 Å². The van der Waals surface area contributed by atoms with Crippen molar-refractivity contribution in [2.24, 2.45) is 0 Å². The van der Waals surface area contributed by atoms with Crippen molar-refractivity contribution in [1.82, 2.24) is 5.32 Å². The lowest BCUT2D eigenvalue weighted by Crippen LogP contribution is -2.63. The molecule has 70 valence electrons. The summed E-state index contributed by atoms with van der Waals surface area (Å²) < 4.78 is 0. The van der Waals surface area contributed by atoms with E-state index in [9.17, 15) is 14.7 Å². The molecule has 1 fully saturated rings. The Kier molecular flexibility index (Phi) is 1.40. The molecule has 1 amide bonds. The van der Waals surface area contributed by atoms with Crippen LogP contribution in [0.25, 0.3) is 0 Å². The van der Waals surface area contributed by atoms with E-state index in [-0.39, 0.29) is 24.5 Å². The molecule has 2 rings (SSSR count). The van der Waals surface area contributed by atoms with Gasteiger partial charge in [0.05, 0.1) is 6.42 Å². The lowest BCUT2D eigenvalue weighted by atomic mass is 9.76. The summed E-state index contributed by atoms with van der Waals surface area (Å²) in [7, 11) is 0. The third-order valence-corrected chi connectivity index (χ3v) is 2.56. The van der Waals surface area contributed by atoms with Crippen LogP contribution in [0.2, 0.25) is 0 Å². The van der Waals surface area contributed by atoms with Gasteiger partial charge in [0, 0.05) is 6.42 Å². The van der Waals surface area contributed by atoms with Gasteiger partial charge in [0.25, 0.3) is 0 Å². The minimum Gasteiger partial charge on any atom is -0.506 e. The first-order valence-corrected chi connectivity index (χ1v) is 4.02. The third-order valence-electron chi connectivity index (χ3n) is 2.56. The second-order valence-corrected chi connectivity index (χ2v) is 3.43. The third kappa shape index (κ3) is 0.929. The lowest BCUT2D eigenvalue weighted by Gasteiger charge is -2.43. The highest BCUT2D eigenvalue weighted by atomic mass is 16.3. The molecule has 0 bridgehead atoms. The number of hydrogen-bond donors (Lipinski definition) is 3. The average molecular weight is 183 g/mol. The van der Waals surface area contributed by atoms with Crippen LogP contribution in [0, 0.1) is 0 Å². The van der Waals surface area contributed by atoms with Crippen LogP contribution < -0.4 is 5.32 Å². The Hall–Kier alpha value is -1.52. The molecule has 1 spiro atoms. The Bertz CT molecular complexity index is 323. The van der Waals surface area contributed by atoms with Crippen molar-refractivity contribution in [2.75, 3.05) is 0 Å². The molecule has 5 nitrogen and oxygen atoms in total. The van der Waals surface area contributed by atoms with Gasteiger partial charge in [-0.05, 0) is 6.42 Å². The molecule has 1 aliphatic heterocycles. The van der Waals surface area contributed by atoms with Crippen LogP contribution in [-0.2, 0) is 9.59 Å². The van der Waals surface area contributed by atoms with Crippen molar-refractivity contribution in [3.8, 4) is 0 Å². The van der Waals surface area contributed by atoms with Gasteiger partial charge >= 0.3 is 0 Å². The number of Topliss-reactive ketones (excluding diaryl/α,β-unsaturated/α-hetero) is 1. The molecule has 0 aromatic heterocycles. The maximum atomic E-state index is 10.9. The summed E-state index contributed by atoms with van der Waals surface area (Å²) in [5, 5.41) is 21.1. The number of rotatable bonds is 0. The number of β-lactam (4-membered cyclic amide) rings is 1. The Morgan fingerprint density at radius 2 is 1.92 bits per heavy atom. The van der Waals surface area contributed by atoms with E-state index >= 15 is 0 Å². The summed E-state index contributed by atoms with van der Waals surface area (Å²) in [6.07, 6.45) is 0.680. The minimum absolute atomic E-state index is 0.149. The number of nitrogens with one attached hydrogen (secondary N) is 1. The molecule has 2 aliphatic rings. The summed E-state index contributed by atoms with van der Waals surface area (Å²) in [6.45, 7) is 0. The predicted octanol–water partition coefficient (Wildman–Crippen LogP) is -0.0644. The smallest absolute Gasteiger partial charge is 0.223 e. The Morgan fingerprint density at radius 1 is 1.31 bits per heavy atom. The monoisotopic (exact) mass is 183 g/mol. The zero-order valence-electron chi connectivity index (χ0n) is 6.83. The average Bonchev–Trinajstić information content (AvgIpc) is 2.05. The van der Waals surface area contributed by atoms with Crippen molar-refractivity contribution in [1.29, 1.82) is 0 Å². The fourth-order valence-corrected chi connectivity index (χ4v) is 1.74. The molecular weight excluding hydrogens is 174 g/mol. The fourth-order valence-electron chi connectivity index (χ4n) is 1.74. The maximum absolute atomic E-state index is 10.9. The fraction of sp³-hybridized carbons (Fsp3) is 0.500. The Balaban J connectivity index is 2.34. The van der Waals surface area contributed by atoms with Gasteiger partial charge in [-0.15, -0.1) is 0 Å². The van der Waals surface area contributed by atoms with E-state index in [4.69, 9.17) is 5.11 Å². The van der Waals surface area contributed by atoms with E-state index in [1.807, 2.05) is 0 Å². The quantitative estimate of drug-likeness (QED) is 0.459. The number of amides is 1. The van der Waals surface area contributed by atoms with Crippen molar-refractivity contribution >= 4 is 11.7 Å². The van der Waals surface area contributed by atoms with Crippen LogP contribution in [0.1, 0.15) is 19.3 Å². The molecule has 1 saturated heterocycles. The molecule has 5 heteroatoms. The van der Waals surface area contributed by atoms with Gasteiger partial charge in [-0.3, -0.25) is 9.59 Å². The van der Waals surface area contributed by atoms with E-state index in [2.05, 4.69) is 5.32 Å². The normalized spacial score (nSPS) is 33.2. The van der Waals surface area contributed by atoms with Gasteiger partial charge in [0.15, 0.2) is 11.5 Å². The van der Waals surface area contributed by atoms with Crippen molar-refractivity contribution < 1.29 is 19.8 Å². The summed E-state index contributed by atoms with van der Waals surface area (Å²) in [5.74, 6) is -1.63. The number of carbonyl (C=O) groups excluding carboxylic acids is 2. The van der Waals surface area contributed by atoms with Gasteiger partial charge in [-0.25, -0.2) is 0 Å². The SMILES string of the molecule is O=C1CC2(CCC(=O)C(O)=C2O)N1. The highest BCUT2D eigenvalue weighted by molar-refractivity contribution is 5.97. The van der Waals surface area contributed by atoms with E-state index in [1.165, 1.54) is 0 Å². The van der Waals surface area contributed by atoms with Crippen molar-refractivity contribution in [3.63, 3.8) is 0 Å². The summed E-state index contributed by atoms with van der Waals surface area (Å²) in [5.41, 5.74) is -0.852. The number of aliphatic hydroxyl groups excluding tert-OH is 2. The topological polar surface area (TPSA) is 86.6 Å². The van der Waals surface area contributed by atoms with Crippen LogP contribution in [0.3, 0.4) is 0 Å². The lowest BCUT2D eigenvalue weighted by molar-refractivity contribution is -0.135. The van der Waals surface area contributed by atoms with Crippen LogP contribution in [-0.4, -0.2) is 27.4 Å². The van der Waals surface area contributed by atoms with Gasteiger partial charge < -0.3 is 15.5 Å². The highest BCUT2D eigenvalue weighted by Crippen LogP contribution is 2.36. The molecule has 1 unspecified atom stereocenters. The molecule has 1 aliphatic carbocycles. The molecule has 3 N–H and O–H groups in total.